The molecule has 0 N–H and O–H groups in total. The van der Waals surface area contributed by atoms with Crippen LogP contribution in [0.3, 0.4) is 0 Å². The summed E-state index contributed by atoms with van der Waals surface area (Å²) in [7, 11) is 2.92. The average molecular weight is 396 g/mol. The van der Waals surface area contributed by atoms with Crippen LogP contribution in [0.25, 0.3) is 6.08 Å². The van der Waals surface area contributed by atoms with Crippen molar-refractivity contribution in [2.45, 2.75) is 19.8 Å². The minimum absolute atomic E-state index is 0.154. The van der Waals surface area contributed by atoms with Gasteiger partial charge in [-0.05, 0) is 37.1 Å². The van der Waals surface area contributed by atoms with Crippen LogP contribution >= 0.6 is 24.0 Å². The zero-order valence-electron chi connectivity index (χ0n) is 14.9. The van der Waals surface area contributed by atoms with Gasteiger partial charge in [-0.2, -0.15) is 0 Å². The van der Waals surface area contributed by atoms with Crippen LogP contribution in [0.1, 0.15) is 25.3 Å². The van der Waals surface area contributed by atoms with E-state index in [4.69, 9.17) is 21.7 Å². The van der Waals surface area contributed by atoms with Gasteiger partial charge in [0, 0.05) is 13.0 Å². The van der Waals surface area contributed by atoms with Gasteiger partial charge in [-0.15, -0.1) is 0 Å². The summed E-state index contributed by atoms with van der Waals surface area (Å²) in [6.45, 7) is 2.80. The van der Waals surface area contributed by atoms with Crippen LogP contribution < -0.4 is 9.47 Å². The molecule has 0 aromatic heterocycles. The molecule has 1 aliphatic heterocycles. The standard InChI is InChI=1S/C18H21NO5S2/c1-4-24-14-10-12(7-8-13(14)22-2)11-15-17(21)19(18(25)26-15)9-5-6-16(20)23-3/h7-8,10-11H,4-6,9H2,1-3H3/b15-11-. The fraction of sp³-hybridized carbons (Fsp3) is 0.389. The highest BCUT2D eigenvalue weighted by Crippen LogP contribution is 2.34. The number of nitrogens with zero attached hydrogens (tertiary/aromatic N) is 1. The van der Waals surface area contributed by atoms with Crippen molar-refractivity contribution >= 4 is 46.3 Å². The normalized spacial score (nSPS) is 15.5. The SMILES string of the molecule is CCOc1cc(/C=C2\SC(=S)N(CCCC(=O)OC)C2=O)ccc1OC. The minimum atomic E-state index is -0.298. The first kappa shape index (κ1) is 20.3. The van der Waals surface area contributed by atoms with Crippen molar-refractivity contribution in [1.29, 1.82) is 0 Å². The van der Waals surface area contributed by atoms with Crippen molar-refractivity contribution in [3.63, 3.8) is 0 Å². The topological polar surface area (TPSA) is 65.1 Å². The quantitative estimate of drug-likeness (QED) is 0.380. The third kappa shape index (κ3) is 4.98. The Morgan fingerprint density at radius 2 is 2.08 bits per heavy atom. The summed E-state index contributed by atoms with van der Waals surface area (Å²) in [5.74, 6) is 0.808. The van der Waals surface area contributed by atoms with Crippen molar-refractivity contribution in [1.82, 2.24) is 4.90 Å². The van der Waals surface area contributed by atoms with Gasteiger partial charge in [0.1, 0.15) is 4.32 Å². The Labute approximate surface area is 162 Å². The summed E-state index contributed by atoms with van der Waals surface area (Å²) < 4.78 is 15.9. The van der Waals surface area contributed by atoms with Crippen LogP contribution in [0.5, 0.6) is 11.5 Å². The van der Waals surface area contributed by atoms with E-state index in [9.17, 15) is 9.59 Å². The first-order valence-corrected chi connectivity index (χ1v) is 9.35. The predicted octanol–water partition coefficient (Wildman–Crippen LogP) is 3.25. The Kier molecular flexibility index (Phi) is 7.47. The number of thioether (sulfide) groups is 1. The number of esters is 1. The van der Waals surface area contributed by atoms with Gasteiger partial charge >= 0.3 is 5.97 Å². The molecule has 6 nitrogen and oxygen atoms in total. The van der Waals surface area contributed by atoms with E-state index in [1.54, 1.807) is 19.3 Å². The Hall–Kier alpha value is -2.06. The van der Waals surface area contributed by atoms with E-state index in [0.717, 1.165) is 5.56 Å². The Morgan fingerprint density at radius 1 is 1.31 bits per heavy atom. The molecule has 1 saturated heterocycles. The van der Waals surface area contributed by atoms with E-state index < -0.39 is 0 Å². The van der Waals surface area contributed by atoms with Gasteiger partial charge in [0.15, 0.2) is 11.5 Å². The van der Waals surface area contributed by atoms with E-state index in [-0.39, 0.29) is 18.3 Å². The third-order valence-electron chi connectivity index (χ3n) is 3.65. The molecule has 1 heterocycles. The smallest absolute Gasteiger partial charge is 0.305 e. The molecule has 1 fully saturated rings. The predicted molar refractivity (Wildman–Crippen MR) is 105 cm³/mol. The van der Waals surface area contributed by atoms with Gasteiger partial charge in [-0.1, -0.05) is 30.0 Å². The van der Waals surface area contributed by atoms with Gasteiger partial charge < -0.3 is 14.2 Å². The number of hydrogen-bond acceptors (Lipinski definition) is 7. The number of ether oxygens (including phenoxy) is 3. The highest BCUT2D eigenvalue weighted by Gasteiger charge is 2.31. The zero-order valence-corrected chi connectivity index (χ0v) is 16.6. The monoisotopic (exact) mass is 395 g/mol. The highest BCUT2D eigenvalue weighted by atomic mass is 32.2. The molecule has 0 atom stereocenters. The van der Waals surface area contributed by atoms with Gasteiger partial charge in [-0.3, -0.25) is 14.5 Å². The molecule has 0 unspecified atom stereocenters. The second-order valence-corrected chi connectivity index (χ2v) is 7.03. The Morgan fingerprint density at radius 3 is 2.73 bits per heavy atom. The summed E-state index contributed by atoms with van der Waals surface area (Å²) in [6, 6.07) is 5.48. The number of thiocarbonyl (C=S) groups is 1. The number of carbonyl (C=O) groups excluding carboxylic acids is 2. The summed E-state index contributed by atoms with van der Waals surface area (Å²) in [6.07, 6.45) is 2.54. The van der Waals surface area contributed by atoms with Gasteiger partial charge in [0.2, 0.25) is 0 Å². The molecule has 0 radical (unpaired) electrons. The van der Waals surface area contributed by atoms with Crippen LogP contribution in [0.15, 0.2) is 23.1 Å². The van der Waals surface area contributed by atoms with Crippen molar-refractivity contribution in [2.24, 2.45) is 0 Å². The van der Waals surface area contributed by atoms with E-state index in [0.29, 0.717) is 40.3 Å². The van der Waals surface area contributed by atoms with Gasteiger partial charge in [0.25, 0.3) is 5.91 Å². The molecule has 1 aliphatic rings. The van der Waals surface area contributed by atoms with Crippen LogP contribution in [-0.4, -0.2) is 48.5 Å². The molecular weight excluding hydrogens is 374 g/mol. The van der Waals surface area contributed by atoms with E-state index in [2.05, 4.69) is 4.74 Å². The minimum Gasteiger partial charge on any atom is -0.493 e. The van der Waals surface area contributed by atoms with Crippen LogP contribution in [0.4, 0.5) is 0 Å². The molecule has 26 heavy (non-hydrogen) atoms. The average Bonchev–Trinajstić information content (AvgIpc) is 2.89. The number of benzene rings is 1. The maximum Gasteiger partial charge on any atom is 0.305 e. The van der Waals surface area contributed by atoms with Gasteiger partial charge in [-0.25, -0.2) is 0 Å². The van der Waals surface area contributed by atoms with Gasteiger partial charge in [0.05, 0.1) is 25.7 Å². The molecule has 0 bridgehead atoms. The molecule has 1 aromatic rings. The molecule has 1 aromatic carbocycles. The molecule has 8 heteroatoms. The lowest BCUT2D eigenvalue weighted by atomic mass is 10.2. The maximum atomic E-state index is 12.6. The number of amides is 1. The van der Waals surface area contributed by atoms with Crippen molar-refractivity contribution < 1.29 is 23.8 Å². The molecule has 0 saturated carbocycles. The number of methoxy groups -OCH3 is 2. The van der Waals surface area contributed by atoms with Crippen LogP contribution in [0.2, 0.25) is 0 Å². The van der Waals surface area contributed by atoms with E-state index >= 15 is 0 Å². The highest BCUT2D eigenvalue weighted by molar-refractivity contribution is 8.26. The van der Waals surface area contributed by atoms with Crippen LogP contribution in [0, 0.1) is 0 Å². The second-order valence-electron chi connectivity index (χ2n) is 5.36. The number of rotatable bonds is 8. The van der Waals surface area contributed by atoms with E-state index in [1.807, 2.05) is 19.1 Å². The first-order chi connectivity index (χ1) is 12.5. The summed E-state index contributed by atoms with van der Waals surface area (Å²) >= 11 is 6.54. The number of carbonyl (C=O) groups is 2. The summed E-state index contributed by atoms with van der Waals surface area (Å²) in [5, 5.41) is 0. The molecule has 2 rings (SSSR count). The largest absolute Gasteiger partial charge is 0.493 e. The zero-order chi connectivity index (χ0) is 19.1. The fourth-order valence-corrected chi connectivity index (χ4v) is 3.69. The molecule has 0 aliphatic carbocycles. The molecule has 140 valence electrons. The Balaban J connectivity index is 2.11. The first-order valence-electron chi connectivity index (χ1n) is 8.13. The summed E-state index contributed by atoms with van der Waals surface area (Å²) in [4.78, 5) is 25.8. The summed E-state index contributed by atoms with van der Waals surface area (Å²) in [5.41, 5.74) is 0.823. The van der Waals surface area contributed by atoms with E-state index in [1.165, 1.54) is 23.8 Å². The lowest BCUT2D eigenvalue weighted by Gasteiger charge is -2.13. The molecular formula is C18H21NO5S2. The Bertz CT molecular complexity index is 732. The molecule has 1 amide bonds. The van der Waals surface area contributed by atoms with Crippen LogP contribution in [-0.2, 0) is 14.3 Å². The molecule has 0 spiro atoms. The lowest BCUT2D eigenvalue weighted by molar-refractivity contribution is -0.141. The lowest BCUT2D eigenvalue weighted by Crippen LogP contribution is -2.29. The second kappa shape index (κ2) is 9.59. The maximum absolute atomic E-state index is 12.6. The van der Waals surface area contributed by atoms with Crippen molar-refractivity contribution in [2.75, 3.05) is 27.4 Å². The van der Waals surface area contributed by atoms with Crippen molar-refractivity contribution in [3.8, 4) is 11.5 Å². The number of hydrogen-bond donors (Lipinski definition) is 0. The van der Waals surface area contributed by atoms with Crippen molar-refractivity contribution in [3.05, 3.63) is 28.7 Å². The fourth-order valence-electron chi connectivity index (χ4n) is 2.38. The third-order valence-corrected chi connectivity index (χ3v) is 5.03.